The number of likely N-dealkylation sites (tertiary alicyclic amines) is 2. The summed E-state index contributed by atoms with van der Waals surface area (Å²) in [5.74, 6) is 1.17. The van der Waals surface area contributed by atoms with Gasteiger partial charge in [-0.25, -0.2) is 4.98 Å². The number of rotatable bonds is 4. The number of anilines is 1. The third-order valence-corrected chi connectivity index (χ3v) is 8.50. The first kappa shape index (κ1) is 22.3. The second-order valence-corrected chi connectivity index (χ2v) is 10.6. The van der Waals surface area contributed by atoms with Gasteiger partial charge in [0.1, 0.15) is 11.5 Å². The highest BCUT2D eigenvalue weighted by Crippen LogP contribution is 2.43. The van der Waals surface area contributed by atoms with E-state index in [4.69, 9.17) is 16.6 Å². The molecule has 1 N–H and O–H groups in total. The van der Waals surface area contributed by atoms with Crippen LogP contribution in [0, 0.1) is 0 Å². The molecule has 34 heavy (non-hydrogen) atoms. The molecule has 0 amide bonds. The Morgan fingerprint density at radius 3 is 2.41 bits per heavy atom. The first-order valence-electron chi connectivity index (χ1n) is 12.5. The Kier molecular flexibility index (Phi) is 5.76. The normalized spacial score (nSPS) is 28.2. The zero-order chi connectivity index (χ0) is 23.4. The lowest BCUT2D eigenvalue weighted by atomic mass is 9.91. The zero-order valence-electron chi connectivity index (χ0n) is 19.9. The van der Waals surface area contributed by atoms with Gasteiger partial charge in [0.25, 0.3) is 0 Å². The summed E-state index contributed by atoms with van der Waals surface area (Å²) < 4.78 is 2.22. The molecule has 3 aromatic heterocycles. The van der Waals surface area contributed by atoms with Crippen LogP contribution >= 0.6 is 11.6 Å². The van der Waals surface area contributed by atoms with Crippen molar-refractivity contribution in [3.63, 3.8) is 0 Å². The molecule has 0 radical (unpaired) electrons. The molecule has 4 unspecified atom stereocenters. The molecule has 3 aliphatic heterocycles. The van der Waals surface area contributed by atoms with Crippen molar-refractivity contribution in [3.05, 3.63) is 58.6 Å². The van der Waals surface area contributed by atoms with Gasteiger partial charge in [0.05, 0.1) is 40.8 Å². The number of aliphatic hydroxyl groups is 1. The van der Waals surface area contributed by atoms with E-state index in [1.165, 1.54) is 18.7 Å². The highest BCUT2D eigenvalue weighted by atomic mass is 35.5. The fourth-order valence-corrected chi connectivity index (χ4v) is 6.94. The number of hydrogen-bond donors (Lipinski definition) is 1. The Hall–Kier alpha value is -2.19. The maximum Gasteiger partial charge on any atom is 0.138 e. The van der Waals surface area contributed by atoms with Gasteiger partial charge in [0, 0.05) is 31.4 Å². The number of imidazole rings is 1. The Morgan fingerprint density at radius 2 is 1.71 bits per heavy atom. The van der Waals surface area contributed by atoms with E-state index in [0.29, 0.717) is 17.1 Å². The molecule has 4 atom stereocenters. The molecule has 7 nitrogen and oxygen atoms in total. The number of piperidine rings is 1. The Labute approximate surface area is 206 Å². The number of pyridine rings is 2. The van der Waals surface area contributed by atoms with Crippen LogP contribution in [0.2, 0.25) is 5.02 Å². The Balaban J connectivity index is 1.41. The van der Waals surface area contributed by atoms with E-state index < -0.39 is 0 Å². The molecule has 3 aromatic rings. The molecule has 3 saturated heterocycles. The van der Waals surface area contributed by atoms with Gasteiger partial charge in [-0.2, -0.15) is 0 Å². The molecule has 2 bridgehead atoms. The first-order valence-corrected chi connectivity index (χ1v) is 12.8. The standard InChI is InChI=1S/C26H33ClN6O/c1-30-14-17-11-12-18(15-30)32(17)24-10-4-9-23-29-26(22(16-34)33(23)24)21-8-3-7-20(31(21)2)25-19(27)6-5-13-28-25/h4-6,9-10,13,17-18,20-21,34H,3,7-8,11-12,14-16H2,1-2H3. The van der Waals surface area contributed by atoms with Gasteiger partial charge in [-0.15, -0.1) is 0 Å². The number of likely N-dealkylation sites (N-methyl/N-ethyl adjacent to an activating group) is 1. The fraction of sp³-hybridized carbons (Fsp3) is 0.538. The van der Waals surface area contributed by atoms with Crippen molar-refractivity contribution in [3.8, 4) is 0 Å². The van der Waals surface area contributed by atoms with E-state index in [1.807, 2.05) is 18.3 Å². The molecule has 0 saturated carbocycles. The maximum atomic E-state index is 10.6. The van der Waals surface area contributed by atoms with Crippen LogP contribution in [0.1, 0.15) is 61.3 Å². The third kappa shape index (κ3) is 3.52. The summed E-state index contributed by atoms with van der Waals surface area (Å²) in [7, 11) is 4.37. The Bertz CT molecular complexity index is 1180. The summed E-state index contributed by atoms with van der Waals surface area (Å²) in [6.45, 7) is 2.14. The predicted molar refractivity (Wildman–Crippen MR) is 134 cm³/mol. The molecule has 8 heteroatoms. The van der Waals surface area contributed by atoms with Crippen LogP contribution in [-0.2, 0) is 6.61 Å². The molecule has 0 aromatic carbocycles. The second-order valence-electron chi connectivity index (χ2n) is 10.2. The van der Waals surface area contributed by atoms with Gasteiger partial charge in [-0.1, -0.05) is 17.7 Å². The monoisotopic (exact) mass is 480 g/mol. The van der Waals surface area contributed by atoms with Gasteiger partial charge in [0.15, 0.2) is 0 Å². The summed E-state index contributed by atoms with van der Waals surface area (Å²) >= 11 is 6.53. The fourth-order valence-electron chi connectivity index (χ4n) is 6.69. The number of hydrogen-bond acceptors (Lipinski definition) is 6. The molecule has 0 spiro atoms. The highest BCUT2D eigenvalue weighted by Gasteiger charge is 2.41. The molecule has 3 aliphatic rings. The zero-order valence-corrected chi connectivity index (χ0v) is 20.7. The molecule has 180 valence electrons. The van der Waals surface area contributed by atoms with Gasteiger partial charge in [-0.3, -0.25) is 14.3 Å². The molecule has 0 aliphatic carbocycles. The van der Waals surface area contributed by atoms with Crippen molar-refractivity contribution in [2.45, 2.75) is 62.9 Å². The van der Waals surface area contributed by atoms with E-state index in [-0.39, 0.29) is 18.7 Å². The lowest BCUT2D eigenvalue weighted by Gasteiger charge is -2.41. The van der Waals surface area contributed by atoms with Gasteiger partial charge < -0.3 is 14.9 Å². The SMILES string of the molecule is CN1CC2CCC(C1)N2c1cccc2nc(C3CCCC(c4ncccc4Cl)N3C)c(CO)n12. The molecule has 6 heterocycles. The van der Waals surface area contributed by atoms with Crippen molar-refractivity contribution in [1.82, 2.24) is 24.2 Å². The summed E-state index contributed by atoms with van der Waals surface area (Å²) in [5.41, 5.74) is 3.74. The highest BCUT2D eigenvalue weighted by molar-refractivity contribution is 6.31. The Morgan fingerprint density at radius 1 is 0.971 bits per heavy atom. The summed E-state index contributed by atoms with van der Waals surface area (Å²) in [6.07, 6.45) is 7.35. The molecular formula is C26H33ClN6O. The van der Waals surface area contributed by atoms with E-state index in [0.717, 1.165) is 55.1 Å². The molecule has 6 rings (SSSR count). The molecular weight excluding hydrogens is 448 g/mol. The summed E-state index contributed by atoms with van der Waals surface area (Å²) in [5, 5.41) is 11.3. The minimum Gasteiger partial charge on any atom is -0.390 e. The van der Waals surface area contributed by atoms with Crippen molar-refractivity contribution < 1.29 is 5.11 Å². The number of aliphatic hydroxyl groups excluding tert-OH is 1. The number of nitrogens with zero attached hydrogens (tertiary/aromatic N) is 6. The summed E-state index contributed by atoms with van der Waals surface area (Å²) in [4.78, 5) is 17.1. The van der Waals surface area contributed by atoms with Crippen molar-refractivity contribution in [1.29, 1.82) is 0 Å². The second kappa shape index (κ2) is 8.79. The lowest BCUT2D eigenvalue weighted by molar-refractivity contribution is 0.108. The van der Waals surface area contributed by atoms with Crippen molar-refractivity contribution >= 4 is 23.1 Å². The quantitative estimate of drug-likeness (QED) is 0.607. The largest absolute Gasteiger partial charge is 0.390 e. The van der Waals surface area contributed by atoms with Crippen LogP contribution in [0.3, 0.4) is 0 Å². The minimum absolute atomic E-state index is 0.0318. The molecule has 3 fully saturated rings. The van der Waals surface area contributed by atoms with Crippen molar-refractivity contribution in [2.75, 3.05) is 32.1 Å². The van der Waals surface area contributed by atoms with Crippen LogP contribution in [-0.4, -0.2) is 68.5 Å². The first-order chi connectivity index (χ1) is 16.6. The number of fused-ring (bicyclic) bond motifs is 3. The number of aromatic nitrogens is 3. The number of halogens is 1. The average molecular weight is 481 g/mol. The van der Waals surface area contributed by atoms with Gasteiger partial charge in [-0.05, 0) is 70.5 Å². The van der Waals surface area contributed by atoms with E-state index in [1.54, 1.807) is 0 Å². The third-order valence-electron chi connectivity index (χ3n) is 8.18. The van der Waals surface area contributed by atoms with Crippen LogP contribution in [0.15, 0.2) is 36.5 Å². The lowest BCUT2D eigenvalue weighted by Crippen LogP contribution is -2.53. The maximum absolute atomic E-state index is 10.6. The summed E-state index contributed by atoms with van der Waals surface area (Å²) in [6, 6.07) is 11.5. The van der Waals surface area contributed by atoms with Crippen LogP contribution in [0.4, 0.5) is 5.82 Å². The van der Waals surface area contributed by atoms with Gasteiger partial charge >= 0.3 is 0 Å². The van der Waals surface area contributed by atoms with Crippen LogP contribution in [0.25, 0.3) is 5.65 Å². The van der Waals surface area contributed by atoms with Crippen LogP contribution in [0.5, 0.6) is 0 Å². The smallest absolute Gasteiger partial charge is 0.138 e. The van der Waals surface area contributed by atoms with E-state index >= 15 is 0 Å². The predicted octanol–water partition coefficient (Wildman–Crippen LogP) is 4.06. The van der Waals surface area contributed by atoms with Gasteiger partial charge in [0.2, 0.25) is 0 Å². The average Bonchev–Trinajstić information content (AvgIpc) is 3.34. The van der Waals surface area contributed by atoms with E-state index in [9.17, 15) is 5.11 Å². The topological polar surface area (TPSA) is 60.1 Å². The number of piperazine rings is 1. The van der Waals surface area contributed by atoms with Crippen molar-refractivity contribution in [2.24, 2.45) is 0 Å². The van der Waals surface area contributed by atoms with Crippen LogP contribution < -0.4 is 4.90 Å². The minimum atomic E-state index is -0.0318. The van der Waals surface area contributed by atoms with E-state index in [2.05, 4.69) is 56.4 Å².